The maximum Gasteiger partial charge on any atom is 0.216 e. The molecular weight excluding hydrogens is 214 g/mol. The summed E-state index contributed by atoms with van der Waals surface area (Å²) in [6.45, 7) is 0. The minimum absolute atomic E-state index is 0.00535. The maximum absolute atomic E-state index is 9.58. The monoisotopic (exact) mass is 223 g/mol. The van der Waals surface area contributed by atoms with Gasteiger partial charge in [-0.25, -0.2) is 0 Å². The van der Waals surface area contributed by atoms with Crippen LogP contribution in [-0.2, 0) is 7.05 Å². The molecule has 1 heterocycles. The van der Waals surface area contributed by atoms with Gasteiger partial charge in [-0.1, -0.05) is 0 Å². The predicted molar refractivity (Wildman–Crippen MR) is 57.2 cm³/mol. The third kappa shape index (κ3) is 1.71. The van der Waals surface area contributed by atoms with E-state index in [0.717, 1.165) is 0 Å². The first-order valence-corrected chi connectivity index (χ1v) is 4.64. The molecule has 15 heavy (non-hydrogen) atoms. The van der Waals surface area contributed by atoms with Crippen molar-refractivity contribution in [1.82, 2.24) is 14.8 Å². The summed E-state index contributed by atoms with van der Waals surface area (Å²) in [5, 5.41) is 21.6. The van der Waals surface area contributed by atoms with Crippen LogP contribution in [0.3, 0.4) is 0 Å². The number of aromatic amines is 1. The zero-order valence-electron chi connectivity index (χ0n) is 7.93. The van der Waals surface area contributed by atoms with Gasteiger partial charge < -0.3 is 10.2 Å². The van der Waals surface area contributed by atoms with E-state index in [1.807, 2.05) is 0 Å². The Morgan fingerprint density at radius 1 is 1.40 bits per heavy atom. The van der Waals surface area contributed by atoms with Gasteiger partial charge in [0.25, 0.3) is 0 Å². The largest absolute Gasteiger partial charge is 0.508 e. The Kier molecular flexibility index (Phi) is 2.20. The first kappa shape index (κ1) is 9.72. The molecule has 0 radical (unpaired) electrons. The predicted octanol–water partition coefficient (Wildman–Crippen LogP) is 1.56. The van der Waals surface area contributed by atoms with Crippen LogP contribution in [0.2, 0.25) is 0 Å². The van der Waals surface area contributed by atoms with E-state index in [4.69, 9.17) is 17.3 Å². The zero-order chi connectivity index (χ0) is 11.0. The Bertz CT molecular complexity index is 559. The van der Waals surface area contributed by atoms with Crippen molar-refractivity contribution in [2.24, 2.45) is 7.05 Å². The van der Waals surface area contributed by atoms with Gasteiger partial charge in [-0.3, -0.25) is 9.78 Å². The fraction of sp³-hybridized carbons (Fsp3) is 0.111. The van der Waals surface area contributed by atoms with Crippen molar-refractivity contribution in [2.75, 3.05) is 0 Å². The lowest BCUT2D eigenvalue weighted by Crippen LogP contribution is -1.89. The van der Waals surface area contributed by atoms with Crippen LogP contribution < -0.4 is 0 Å². The molecule has 0 fully saturated rings. The molecule has 0 saturated heterocycles. The van der Waals surface area contributed by atoms with E-state index in [1.165, 1.54) is 12.1 Å². The lowest BCUT2D eigenvalue weighted by atomic mass is 10.2. The highest BCUT2D eigenvalue weighted by atomic mass is 32.1. The van der Waals surface area contributed by atoms with Crippen molar-refractivity contribution < 1.29 is 10.2 Å². The number of phenolic OH excluding ortho intramolecular Hbond substituents is 2. The number of benzene rings is 1. The Morgan fingerprint density at radius 3 is 2.67 bits per heavy atom. The van der Waals surface area contributed by atoms with Crippen LogP contribution in [0.15, 0.2) is 18.2 Å². The SMILES string of the molecule is Cn1[nH]c(-c2ccc(O)cc2O)nc1=S. The summed E-state index contributed by atoms with van der Waals surface area (Å²) in [7, 11) is 1.73. The van der Waals surface area contributed by atoms with Crippen molar-refractivity contribution in [1.29, 1.82) is 0 Å². The number of hydrogen-bond donors (Lipinski definition) is 3. The molecule has 2 aromatic rings. The van der Waals surface area contributed by atoms with Gasteiger partial charge in [-0.05, 0) is 24.4 Å². The van der Waals surface area contributed by atoms with E-state index in [0.29, 0.717) is 16.2 Å². The first-order valence-electron chi connectivity index (χ1n) is 4.23. The second kappa shape index (κ2) is 3.39. The zero-order valence-corrected chi connectivity index (χ0v) is 8.75. The maximum atomic E-state index is 9.58. The lowest BCUT2D eigenvalue weighted by Gasteiger charge is -2.00. The number of H-pyrrole nitrogens is 1. The van der Waals surface area contributed by atoms with E-state index in [1.54, 1.807) is 17.8 Å². The average molecular weight is 223 g/mol. The van der Waals surface area contributed by atoms with Gasteiger partial charge in [0, 0.05) is 13.1 Å². The molecule has 78 valence electrons. The second-order valence-corrected chi connectivity index (χ2v) is 3.48. The molecular formula is C9H9N3O2S. The molecule has 1 aromatic carbocycles. The van der Waals surface area contributed by atoms with Crippen LogP contribution in [0.1, 0.15) is 0 Å². The number of hydrogen-bond acceptors (Lipinski definition) is 4. The van der Waals surface area contributed by atoms with E-state index in [9.17, 15) is 5.11 Å². The standard InChI is InChI=1S/C9H9N3O2S/c1-12-9(15)10-8(11-12)6-3-2-5(13)4-7(6)14/h2-4,13-14H,1H3,(H,10,11,15). The lowest BCUT2D eigenvalue weighted by molar-refractivity contribution is 0.451. The molecule has 0 spiro atoms. The molecule has 6 heteroatoms. The van der Waals surface area contributed by atoms with E-state index >= 15 is 0 Å². The molecule has 0 atom stereocenters. The number of rotatable bonds is 1. The Balaban J connectivity index is 2.59. The van der Waals surface area contributed by atoms with E-state index in [-0.39, 0.29) is 11.5 Å². The summed E-state index contributed by atoms with van der Waals surface area (Å²) in [5.74, 6) is 0.435. The number of nitrogens with zero attached hydrogens (tertiary/aromatic N) is 2. The van der Waals surface area contributed by atoms with Crippen LogP contribution in [0, 0.1) is 4.77 Å². The first-order chi connectivity index (χ1) is 7.08. The molecule has 0 bridgehead atoms. The topological polar surface area (TPSA) is 74.1 Å². The third-order valence-electron chi connectivity index (χ3n) is 2.00. The number of nitrogens with one attached hydrogen (secondary N) is 1. The molecule has 0 saturated carbocycles. The van der Waals surface area contributed by atoms with Crippen LogP contribution in [0.25, 0.3) is 11.4 Å². The van der Waals surface area contributed by atoms with Crippen molar-refractivity contribution in [3.63, 3.8) is 0 Å². The quantitative estimate of drug-likeness (QED) is 0.641. The van der Waals surface area contributed by atoms with Crippen molar-refractivity contribution in [3.8, 4) is 22.9 Å². The van der Waals surface area contributed by atoms with Gasteiger partial charge in [0.1, 0.15) is 11.5 Å². The molecule has 0 unspecified atom stereocenters. The summed E-state index contributed by atoms with van der Waals surface area (Å²) < 4.78 is 1.97. The minimum Gasteiger partial charge on any atom is -0.508 e. The fourth-order valence-electron chi connectivity index (χ4n) is 1.24. The number of aromatic hydroxyl groups is 2. The molecule has 0 amide bonds. The molecule has 5 nitrogen and oxygen atoms in total. The molecule has 3 N–H and O–H groups in total. The molecule has 1 aromatic heterocycles. The highest BCUT2D eigenvalue weighted by Gasteiger charge is 2.08. The smallest absolute Gasteiger partial charge is 0.216 e. The molecule has 0 aliphatic carbocycles. The summed E-state index contributed by atoms with van der Waals surface area (Å²) in [6, 6.07) is 4.29. The van der Waals surface area contributed by atoms with Crippen LogP contribution in [-0.4, -0.2) is 25.0 Å². The van der Waals surface area contributed by atoms with Gasteiger partial charge in [0.2, 0.25) is 4.77 Å². The van der Waals surface area contributed by atoms with E-state index in [2.05, 4.69) is 10.1 Å². The second-order valence-electron chi connectivity index (χ2n) is 3.12. The van der Waals surface area contributed by atoms with Gasteiger partial charge >= 0.3 is 0 Å². The summed E-state index contributed by atoms with van der Waals surface area (Å²) >= 11 is 4.93. The Labute approximate surface area is 90.6 Å². The van der Waals surface area contributed by atoms with Crippen molar-refractivity contribution in [2.45, 2.75) is 0 Å². The highest BCUT2D eigenvalue weighted by molar-refractivity contribution is 7.71. The summed E-state index contributed by atoms with van der Waals surface area (Å²) in [4.78, 5) is 4.05. The summed E-state index contributed by atoms with van der Waals surface area (Å²) in [5.41, 5.74) is 0.500. The highest BCUT2D eigenvalue weighted by Crippen LogP contribution is 2.29. The van der Waals surface area contributed by atoms with Gasteiger partial charge in [0.15, 0.2) is 5.82 Å². The van der Waals surface area contributed by atoms with Gasteiger partial charge in [0.05, 0.1) is 5.56 Å². The number of phenols is 2. The normalized spacial score (nSPS) is 10.5. The Hall–Kier alpha value is -1.82. The number of aromatic nitrogens is 3. The fourth-order valence-corrected chi connectivity index (χ4v) is 1.38. The molecule has 2 rings (SSSR count). The van der Waals surface area contributed by atoms with Crippen molar-refractivity contribution >= 4 is 12.2 Å². The van der Waals surface area contributed by atoms with Crippen LogP contribution in [0.5, 0.6) is 11.5 Å². The van der Waals surface area contributed by atoms with Crippen molar-refractivity contribution in [3.05, 3.63) is 23.0 Å². The van der Waals surface area contributed by atoms with Gasteiger partial charge in [-0.2, -0.15) is 4.98 Å². The third-order valence-corrected chi connectivity index (χ3v) is 2.37. The van der Waals surface area contributed by atoms with Crippen LogP contribution >= 0.6 is 12.2 Å². The average Bonchev–Trinajstić information content (AvgIpc) is 2.46. The molecule has 0 aliphatic heterocycles. The van der Waals surface area contributed by atoms with E-state index < -0.39 is 0 Å². The Morgan fingerprint density at radius 2 is 2.13 bits per heavy atom. The number of aryl methyl sites for hydroxylation is 1. The minimum atomic E-state index is -0.0423. The van der Waals surface area contributed by atoms with Gasteiger partial charge in [-0.15, -0.1) is 0 Å². The molecule has 0 aliphatic rings. The van der Waals surface area contributed by atoms with Crippen LogP contribution in [0.4, 0.5) is 0 Å². The summed E-state index contributed by atoms with van der Waals surface area (Å²) in [6.07, 6.45) is 0.